The van der Waals surface area contributed by atoms with Crippen molar-refractivity contribution in [1.82, 2.24) is 0 Å². The minimum atomic E-state index is 1.07. The van der Waals surface area contributed by atoms with Crippen LogP contribution in [-0.4, -0.2) is 11.0 Å². The molecule has 0 amide bonds. The molecule has 0 N–H and O–H groups in total. The third kappa shape index (κ3) is 12.3. The van der Waals surface area contributed by atoms with Gasteiger partial charge in [0.2, 0.25) is 0 Å². The Bertz CT molecular complexity index is 876. The highest BCUT2D eigenvalue weighted by Gasteiger charge is 2.28. The molecule has 0 radical (unpaired) electrons. The lowest BCUT2D eigenvalue weighted by Gasteiger charge is -2.39. The molecular weight excluding hydrogens is 458 g/mol. The maximum absolute atomic E-state index is 2.44. The number of unbranched alkanes of at least 4 members (excludes halogenated alkanes) is 10. The molecule has 0 saturated carbocycles. The number of hydrogen-bond acceptors (Lipinski definition) is 0. The van der Waals surface area contributed by atoms with Gasteiger partial charge in [-0.15, -0.1) is 0 Å². The van der Waals surface area contributed by atoms with Crippen molar-refractivity contribution in [3.63, 3.8) is 0 Å². The van der Waals surface area contributed by atoms with Crippen molar-refractivity contribution in [2.24, 2.45) is 0 Å². The van der Waals surface area contributed by atoms with Gasteiger partial charge in [-0.3, -0.25) is 0 Å². The fourth-order valence-corrected chi connectivity index (χ4v) is 5.66. The van der Waals surface area contributed by atoms with Gasteiger partial charge in [0.25, 0.3) is 0 Å². The molecule has 0 fully saturated rings. The van der Waals surface area contributed by atoms with Crippen LogP contribution in [0.2, 0.25) is 0 Å². The average Bonchev–Trinajstić information content (AvgIpc) is 2.95. The van der Waals surface area contributed by atoms with Crippen LogP contribution in [0.15, 0.2) is 103 Å². The minimum Gasteiger partial charge on any atom is -0.312 e. The summed E-state index contributed by atoms with van der Waals surface area (Å²) in [5.41, 5.74) is 4.31. The van der Waals surface area contributed by atoms with E-state index in [4.69, 9.17) is 0 Å². The summed E-state index contributed by atoms with van der Waals surface area (Å²) in [5, 5.41) is 0. The normalized spacial score (nSPS) is 11.8. The van der Waals surface area contributed by atoms with Gasteiger partial charge in [-0.1, -0.05) is 149 Å². The molecule has 0 atom stereocenters. The summed E-state index contributed by atoms with van der Waals surface area (Å²) in [6.07, 6.45) is 21.0. The van der Waals surface area contributed by atoms with E-state index >= 15 is 0 Å². The standard InChI is InChI=1S/C37H52N/c1-2-3-4-5-6-7-8-9-10-11-12-13-14-24-31-38(32-35-25-18-15-19-26-35,33-36-27-20-16-21-28-36)34-37-29-22-17-23-30-37/h10-11,15-23,25-30H,2-9,12-14,24,31-34H2,1H3/q+1/b11-10+. The van der Waals surface area contributed by atoms with Gasteiger partial charge in [0, 0.05) is 16.7 Å². The Hall–Kier alpha value is -2.64. The Balaban J connectivity index is 1.52. The zero-order chi connectivity index (χ0) is 26.6. The third-order valence-corrected chi connectivity index (χ3v) is 7.73. The second-order valence-corrected chi connectivity index (χ2v) is 11.2. The summed E-state index contributed by atoms with van der Waals surface area (Å²) >= 11 is 0. The van der Waals surface area contributed by atoms with E-state index in [1.165, 1.54) is 100 Å². The maximum atomic E-state index is 2.44. The van der Waals surface area contributed by atoms with Crippen molar-refractivity contribution in [3.05, 3.63) is 120 Å². The van der Waals surface area contributed by atoms with E-state index in [1.807, 2.05) is 0 Å². The first-order chi connectivity index (χ1) is 18.8. The molecule has 0 aliphatic heterocycles. The number of nitrogens with zero attached hydrogens (tertiary/aromatic N) is 1. The van der Waals surface area contributed by atoms with Crippen molar-refractivity contribution in [2.75, 3.05) is 6.54 Å². The van der Waals surface area contributed by atoms with Crippen molar-refractivity contribution >= 4 is 0 Å². The molecule has 0 aliphatic carbocycles. The second-order valence-electron chi connectivity index (χ2n) is 11.2. The molecule has 1 nitrogen and oxygen atoms in total. The molecule has 38 heavy (non-hydrogen) atoms. The van der Waals surface area contributed by atoms with Crippen LogP contribution in [0.5, 0.6) is 0 Å². The Kier molecular flexibility index (Phi) is 14.6. The number of rotatable bonds is 20. The van der Waals surface area contributed by atoms with E-state index in [2.05, 4.69) is 110 Å². The van der Waals surface area contributed by atoms with Crippen LogP contribution in [0.3, 0.4) is 0 Å². The number of hydrogen-bond donors (Lipinski definition) is 0. The predicted octanol–water partition coefficient (Wildman–Crippen LogP) is 10.7. The molecule has 3 aromatic carbocycles. The Morgan fingerprint density at radius 2 is 0.816 bits per heavy atom. The monoisotopic (exact) mass is 510 g/mol. The van der Waals surface area contributed by atoms with Crippen molar-refractivity contribution < 1.29 is 4.48 Å². The molecule has 3 rings (SSSR count). The van der Waals surface area contributed by atoms with Gasteiger partial charge in [-0.05, 0) is 38.5 Å². The fourth-order valence-electron chi connectivity index (χ4n) is 5.66. The zero-order valence-electron chi connectivity index (χ0n) is 24.1. The lowest BCUT2D eigenvalue weighted by Crippen LogP contribution is -2.46. The number of benzene rings is 3. The summed E-state index contributed by atoms with van der Waals surface area (Å²) in [5.74, 6) is 0. The van der Waals surface area contributed by atoms with E-state index in [0.29, 0.717) is 0 Å². The first-order valence-corrected chi connectivity index (χ1v) is 15.4. The van der Waals surface area contributed by atoms with Gasteiger partial charge in [0.1, 0.15) is 19.6 Å². The highest BCUT2D eigenvalue weighted by molar-refractivity contribution is 5.17. The topological polar surface area (TPSA) is 0 Å². The molecule has 0 bridgehead atoms. The van der Waals surface area contributed by atoms with E-state index in [0.717, 1.165) is 24.1 Å². The van der Waals surface area contributed by atoms with Crippen LogP contribution in [0.1, 0.15) is 101 Å². The summed E-state index contributed by atoms with van der Waals surface area (Å²) < 4.78 is 1.08. The SMILES string of the molecule is CCCCCCCCC/C=C/CCCCC[N+](Cc1ccccc1)(Cc1ccccc1)Cc1ccccc1. The molecule has 0 aliphatic rings. The second kappa shape index (κ2) is 18.6. The first-order valence-electron chi connectivity index (χ1n) is 15.4. The molecule has 0 heterocycles. The van der Waals surface area contributed by atoms with Crippen LogP contribution in [-0.2, 0) is 19.6 Å². The lowest BCUT2D eigenvalue weighted by molar-refractivity contribution is -0.966. The van der Waals surface area contributed by atoms with Crippen LogP contribution >= 0.6 is 0 Å². The summed E-state index contributed by atoms with van der Waals surface area (Å²) in [4.78, 5) is 0. The van der Waals surface area contributed by atoms with Gasteiger partial charge < -0.3 is 4.48 Å². The highest BCUT2D eigenvalue weighted by Crippen LogP contribution is 2.25. The number of allylic oxidation sites excluding steroid dienone is 2. The molecule has 204 valence electrons. The first kappa shape index (κ1) is 29.9. The van der Waals surface area contributed by atoms with Gasteiger partial charge in [0.05, 0.1) is 6.54 Å². The summed E-state index contributed by atoms with van der Waals surface area (Å²) in [6.45, 7) is 6.72. The third-order valence-electron chi connectivity index (χ3n) is 7.73. The summed E-state index contributed by atoms with van der Waals surface area (Å²) in [7, 11) is 0. The van der Waals surface area contributed by atoms with Gasteiger partial charge in [0.15, 0.2) is 0 Å². The molecular formula is C37H52N+. The average molecular weight is 511 g/mol. The number of quaternary nitrogens is 1. The van der Waals surface area contributed by atoms with Gasteiger partial charge in [-0.25, -0.2) is 0 Å². The van der Waals surface area contributed by atoms with Gasteiger partial charge in [-0.2, -0.15) is 0 Å². The van der Waals surface area contributed by atoms with E-state index in [1.54, 1.807) is 0 Å². The Morgan fingerprint density at radius 1 is 0.447 bits per heavy atom. The highest BCUT2D eigenvalue weighted by atomic mass is 15.3. The van der Waals surface area contributed by atoms with Crippen molar-refractivity contribution in [2.45, 2.75) is 104 Å². The maximum Gasteiger partial charge on any atom is 0.105 e. The lowest BCUT2D eigenvalue weighted by atomic mass is 10.0. The molecule has 0 spiro atoms. The van der Waals surface area contributed by atoms with E-state index < -0.39 is 0 Å². The molecule has 0 saturated heterocycles. The van der Waals surface area contributed by atoms with Crippen LogP contribution in [0, 0.1) is 0 Å². The quantitative estimate of drug-likeness (QED) is 0.0805. The van der Waals surface area contributed by atoms with E-state index in [9.17, 15) is 0 Å². The fraction of sp³-hybridized carbons (Fsp3) is 0.459. The Morgan fingerprint density at radius 3 is 1.24 bits per heavy atom. The van der Waals surface area contributed by atoms with Crippen LogP contribution < -0.4 is 0 Å². The minimum absolute atomic E-state index is 1.07. The largest absolute Gasteiger partial charge is 0.312 e. The summed E-state index contributed by atoms with van der Waals surface area (Å²) in [6, 6.07) is 33.4. The van der Waals surface area contributed by atoms with Crippen LogP contribution in [0.25, 0.3) is 0 Å². The zero-order valence-corrected chi connectivity index (χ0v) is 24.1. The van der Waals surface area contributed by atoms with Crippen molar-refractivity contribution in [3.8, 4) is 0 Å². The van der Waals surface area contributed by atoms with Crippen molar-refractivity contribution in [1.29, 1.82) is 0 Å². The van der Waals surface area contributed by atoms with Crippen LogP contribution in [0.4, 0.5) is 0 Å². The van der Waals surface area contributed by atoms with Gasteiger partial charge >= 0.3 is 0 Å². The van der Waals surface area contributed by atoms with E-state index in [-0.39, 0.29) is 0 Å². The molecule has 0 unspecified atom stereocenters. The smallest absolute Gasteiger partial charge is 0.105 e. The molecule has 3 aromatic rings. The predicted molar refractivity (Wildman–Crippen MR) is 166 cm³/mol. The Labute approximate surface area is 234 Å². The molecule has 1 heteroatoms. The molecule has 0 aromatic heterocycles.